The summed E-state index contributed by atoms with van der Waals surface area (Å²) in [5.41, 5.74) is 1.00. The van der Waals surface area contributed by atoms with Gasteiger partial charge in [-0.15, -0.1) is 12.4 Å². The fraction of sp³-hybridized carbons (Fsp3) is 0.562. The van der Waals surface area contributed by atoms with Gasteiger partial charge in [-0.3, -0.25) is 4.79 Å². The van der Waals surface area contributed by atoms with E-state index in [4.69, 9.17) is 5.11 Å². The first-order valence-electron chi connectivity index (χ1n) is 7.95. The van der Waals surface area contributed by atoms with Crippen LogP contribution in [0.3, 0.4) is 0 Å². The number of rotatable bonds is 7. The zero-order valence-electron chi connectivity index (χ0n) is 13.8. The van der Waals surface area contributed by atoms with Gasteiger partial charge < -0.3 is 10.4 Å². The molecule has 1 aliphatic rings. The Bertz CT molecular complexity index is 651. The van der Waals surface area contributed by atoms with E-state index in [2.05, 4.69) is 5.32 Å². The fourth-order valence-electron chi connectivity index (χ4n) is 2.87. The summed E-state index contributed by atoms with van der Waals surface area (Å²) in [4.78, 5) is 10.9. The maximum absolute atomic E-state index is 12.8. The molecule has 0 bridgehead atoms. The predicted octanol–water partition coefficient (Wildman–Crippen LogP) is 1.75. The van der Waals surface area contributed by atoms with Crippen molar-refractivity contribution in [3.63, 3.8) is 0 Å². The SMILES string of the molecule is CCc1cccc(S(=O)(=O)N2CCCC(CNCC(=O)O)C2)c1.Cl. The summed E-state index contributed by atoms with van der Waals surface area (Å²) in [6, 6.07) is 7.08. The Hall–Kier alpha value is -1.15. The monoisotopic (exact) mass is 376 g/mol. The minimum absolute atomic E-state index is 0. The molecular formula is C16H25ClN2O4S. The van der Waals surface area contributed by atoms with Crippen molar-refractivity contribution in [3.05, 3.63) is 29.8 Å². The van der Waals surface area contributed by atoms with Gasteiger partial charge in [-0.2, -0.15) is 4.31 Å². The maximum Gasteiger partial charge on any atom is 0.317 e. The predicted molar refractivity (Wildman–Crippen MR) is 95.1 cm³/mol. The van der Waals surface area contributed by atoms with E-state index in [1.54, 1.807) is 18.2 Å². The highest BCUT2D eigenvalue weighted by Gasteiger charge is 2.30. The van der Waals surface area contributed by atoms with E-state index in [0.717, 1.165) is 24.8 Å². The Morgan fingerprint density at radius 1 is 1.42 bits per heavy atom. The molecule has 0 saturated carbocycles. The van der Waals surface area contributed by atoms with Crippen molar-refractivity contribution in [2.24, 2.45) is 5.92 Å². The van der Waals surface area contributed by atoms with Crippen molar-refractivity contribution in [2.75, 3.05) is 26.2 Å². The van der Waals surface area contributed by atoms with Gasteiger partial charge in [0.2, 0.25) is 10.0 Å². The third-order valence-corrected chi connectivity index (χ3v) is 6.00. The minimum atomic E-state index is -3.48. The topological polar surface area (TPSA) is 86.7 Å². The zero-order valence-corrected chi connectivity index (χ0v) is 15.4. The van der Waals surface area contributed by atoms with Crippen LogP contribution in [0.2, 0.25) is 0 Å². The Labute approximate surface area is 149 Å². The number of piperidine rings is 1. The lowest BCUT2D eigenvalue weighted by atomic mass is 10.00. The van der Waals surface area contributed by atoms with Gasteiger partial charge in [-0.05, 0) is 49.4 Å². The molecule has 0 radical (unpaired) electrons. The minimum Gasteiger partial charge on any atom is -0.480 e. The van der Waals surface area contributed by atoms with E-state index in [1.165, 1.54) is 4.31 Å². The lowest BCUT2D eigenvalue weighted by Gasteiger charge is -2.32. The molecule has 2 N–H and O–H groups in total. The Morgan fingerprint density at radius 2 is 2.17 bits per heavy atom. The quantitative estimate of drug-likeness (QED) is 0.757. The van der Waals surface area contributed by atoms with E-state index >= 15 is 0 Å². The number of hydrogen-bond acceptors (Lipinski definition) is 4. The summed E-state index contributed by atoms with van der Waals surface area (Å²) >= 11 is 0. The van der Waals surface area contributed by atoms with Crippen molar-refractivity contribution in [2.45, 2.75) is 31.1 Å². The van der Waals surface area contributed by atoms with Gasteiger partial charge in [0.05, 0.1) is 11.4 Å². The summed E-state index contributed by atoms with van der Waals surface area (Å²) < 4.78 is 27.1. The average Bonchev–Trinajstić information content (AvgIpc) is 2.55. The maximum atomic E-state index is 12.8. The molecule has 0 spiro atoms. The van der Waals surface area contributed by atoms with Crippen molar-refractivity contribution >= 4 is 28.4 Å². The van der Waals surface area contributed by atoms with Crippen LogP contribution >= 0.6 is 12.4 Å². The summed E-state index contributed by atoms with van der Waals surface area (Å²) in [6.45, 7) is 3.38. The number of carbonyl (C=O) groups is 1. The Kier molecular flexibility index (Phi) is 8.15. The third-order valence-electron chi connectivity index (χ3n) is 4.14. The van der Waals surface area contributed by atoms with Gasteiger partial charge in [0.1, 0.15) is 0 Å². The molecule has 1 fully saturated rings. The molecule has 1 saturated heterocycles. The van der Waals surface area contributed by atoms with Gasteiger partial charge >= 0.3 is 5.97 Å². The largest absolute Gasteiger partial charge is 0.480 e. The third kappa shape index (κ3) is 5.44. The number of nitrogens with one attached hydrogen (secondary N) is 1. The second-order valence-corrected chi connectivity index (χ2v) is 7.83. The van der Waals surface area contributed by atoms with Gasteiger partial charge in [0, 0.05) is 13.1 Å². The standard InChI is InChI=1S/C16H24N2O4S.ClH/c1-2-13-5-3-7-15(9-13)23(21,22)18-8-4-6-14(12-18)10-17-11-16(19)20;/h3,5,7,9,14,17H,2,4,6,8,10-12H2,1H3,(H,19,20);1H. The molecule has 0 amide bonds. The Morgan fingerprint density at radius 3 is 2.83 bits per heavy atom. The highest BCUT2D eigenvalue weighted by molar-refractivity contribution is 7.89. The summed E-state index contributed by atoms with van der Waals surface area (Å²) in [5.74, 6) is -0.756. The zero-order chi connectivity index (χ0) is 16.9. The number of aliphatic carboxylic acids is 1. The number of carboxylic acids is 1. The highest BCUT2D eigenvalue weighted by atomic mass is 35.5. The number of sulfonamides is 1. The van der Waals surface area contributed by atoms with E-state index < -0.39 is 16.0 Å². The van der Waals surface area contributed by atoms with Crippen LogP contribution in [0, 0.1) is 5.92 Å². The van der Waals surface area contributed by atoms with Crippen LogP contribution < -0.4 is 5.32 Å². The smallest absolute Gasteiger partial charge is 0.317 e. The van der Waals surface area contributed by atoms with Crippen molar-refractivity contribution in [3.8, 4) is 0 Å². The van der Waals surface area contributed by atoms with Gasteiger partial charge in [-0.25, -0.2) is 8.42 Å². The fourth-order valence-corrected chi connectivity index (χ4v) is 4.50. The molecule has 136 valence electrons. The van der Waals surface area contributed by atoms with Gasteiger partial charge in [-0.1, -0.05) is 19.1 Å². The first-order chi connectivity index (χ1) is 10.9. The van der Waals surface area contributed by atoms with Gasteiger partial charge in [0.25, 0.3) is 0 Å². The van der Waals surface area contributed by atoms with E-state index in [0.29, 0.717) is 24.5 Å². The second-order valence-electron chi connectivity index (χ2n) is 5.90. The number of nitrogens with zero attached hydrogens (tertiary/aromatic N) is 1. The van der Waals surface area contributed by atoms with Crippen LogP contribution in [0.4, 0.5) is 0 Å². The van der Waals surface area contributed by atoms with Crippen LogP contribution in [0.5, 0.6) is 0 Å². The van der Waals surface area contributed by atoms with E-state index in [1.807, 2.05) is 13.0 Å². The van der Waals surface area contributed by atoms with Crippen molar-refractivity contribution < 1.29 is 18.3 Å². The molecule has 1 aliphatic heterocycles. The second kappa shape index (κ2) is 9.36. The van der Waals surface area contributed by atoms with E-state index in [-0.39, 0.29) is 24.9 Å². The molecular weight excluding hydrogens is 352 g/mol. The molecule has 1 aromatic rings. The molecule has 6 nitrogen and oxygen atoms in total. The molecule has 24 heavy (non-hydrogen) atoms. The van der Waals surface area contributed by atoms with Crippen LogP contribution in [-0.4, -0.2) is 50.0 Å². The molecule has 1 unspecified atom stereocenters. The number of aryl methyl sites for hydroxylation is 1. The lowest BCUT2D eigenvalue weighted by molar-refractivity contribution is -0.136. The van der Waals surface area contributed by atoms with Gasteiger partial charge in [0.15, 0.2) is 0 Å². The molecule has 1 atom stereocenters. The first kappa shape index (κ1) is 20.9. The average molecular weight is 377 g/mol. The van der Waals surface area contributed by atoms with Crippen LogP contribution in [0.25, 0.3) is 0 Å². The number of hydrogen-bond donors (Lipinski definition) is 2. The van der Waals surface area contributed by atoms with E-state index in [9.17, 15) is 13.2 Å². The van der Waals surface area contributed by atoms with Crippen LogP contribution in [0.1, 0.15) is 25.3 Å². The molecule has 0 aromatic heterocycles. The van der Waals surface area contributed by atoms with Crippen LogP contribution in [0.15, 0.2) is 29.2 Å². The molecule has 1 aromatic carbocycles. The first-order valence-corrected chi connectivity index (χ1v) is 9.39. The number of benzene rings is 1. The molecule has 8 heteroatoms. The number of carboxylic acid groups (broad SMARTS) is 1. The lowest BCUT2D eigenvalue weighted by Crippen LogP contribution is -2.43. The van der Waals surface area contributed by atoms with Crippen LogP contribution in [-0.2, 0) is 21.2 Å². The summed E-state index contributed by atoms with van der Waals surface area (Å²) in [6.07, 6.45) is 2.50. The van der Waals surface area contributed by atoms with Crippen molar-refractivity contribution in [1.29, 1.82) is 0 Å². The summed E-state index contributed by atoms with van der Waals surface area (Å²) in [5, 5.41) is 11.5. The molecule has 1 heterocycles. The molecule has 0 aliphatic carbocycles. The number of halogens is 1. The molecule has 2 rings (SSSR count). The highest BCUT2D eigenvalue weighted by Crippen LogP contribution is 2.24. The normalized spacial score (nSPS) is 18.8. The summed E-state index contributed by atoms with van der Waals surface area (Å²) in [7, 11) is -3.48. The Balaban J connectivity index is 0.00000288. The van der Waals surface area contributed by atoms with Crippen molar-refractivity contribution in [1.82, 2.24) is 9.62 Å².